The van der Waals surface area contributed by atoms with Crippen molar-refractivity contribution in [1.29, 1.82) is 0 Å². The molecule has 0 unspecified atom stereocenters. The Morgan fingerprint density at radius 2 is 1.87 bits per heavy atom. The molecule has 6 nitrogen and oxygen atoms in total. The number of aromatic nitrogens is 1. The lowest BCUT2D eigenvalue weighted by Crippen LogP contribution is -2.41. The molecule has 1 heterocycles. The minimum atomic E-state index is -0.692. The van der Waals surface area contributed by atoms with Crippen LogP contribution in [-0.4, -0.2) is 40.3 Å². The van der Waals surface area contributed by atoms with Crippen LogP contribution in [0.3, 0.4) is 0 Å². The van der Waals surface area contributed by atoms with Crippen LogP contribution < -0.4 is 10.1 Å². The SMILES string of the molecule is COc1ccnc(C(=S)N[C@@H](C)C(=O)O[C@@H](C)[C@@H](c2ccccc2)C2CCCC2)c1O. The van der Waals surface area contributed by atoms with Crippen molar-refractivity contribution in [2.45, 2.75) is 57.6 Å². The molecule has 166 valence electrons. The number of nitrogens with zero attached hydrogens (tertiary/aromatic N) is 1. The minimum absolute atomic E-state index is 0.156. The van der Waals surface area contributed by atoms with Gasteiger partial charge in [-0.25, -0.2) is 9.78 Å². The van der Waals surface area contributed by atoms with E-state index in [-0.39, 0.29) is 34.2 Å². The van der Waals surface area contributed by atoms with Crippen molar-refractivity contribution in [1.82, 2.24) is 10.3 Å². The van der Waals surface area contributed by atoms with E-state index in [1.807, 2.05) is 25.1 Å². The number of hydrogen-bond acceptors (Lipinski definition) is 6. The highest BCUT2D eigenvalue weighted by Crippen LogP contribution is 2.40. The standard InChI is InChI=1S/C24H30N2O4S/c1-15(26-23(31)21-22(27)19(29-3)13-14-25-21)24(28)30-16(2)20(18-11-7-8-12-18)17-9-5-4-6-10-17/h4-6,9-10,13-16,18,20,27H,7-8,11-12H2,1-3H3,(H,26,31)/t15-,16-,20-/m0/s1. The molecular weight excluding hydrogens is 412 g/mol. The van der Waals surface area contributed by atoms with Crippen molar-refractivity contribution in [3.63, 3.8) is 0 Å². The predicted molar refractivity (Wildman–Crippen MR) is 123 cm³/mol. The molecule has 0 spiro atoms. The van der Waals surface area contributed by atoms with Gasteiger partial charge in [-0.15, -0.1) is 0 Å². The number of methoxy groups -OCH3 is 1. The summed E-state index contributed by atoms with van der Waals surface area (Å²) >= 11 is 5.34. The highest BCUT2D eigenvalue weighted by molar-refractivity contribution is 7.80. The van der Waals surface area contributed by atoms with E-state index in [4.69, 9.17) is 21.7 Å². The van der Waals surface area contributed by atoms with Gasteiger partial charge in [0.15, 0.2) is 11.5 Å². The van der Waals surface area contributed by atoms with Gasteiger partial charge in [-0.2, -0.15) is 0 Å². The number of carbonyl (C=O) groups is 1. The van der Waals surface area contributed by atoms with Gasteiger partial charge in [0.25, 0.3) is 0 Å². The Morgan fingerprint density at radius 1 is 1.19 bits per heavy atom. The fourth-order valence-electron chi connectivity index (χ4n) is 4.37. The third kappa shape index (κ3) is 5.53. The van der Waals surface area contributed by atoms with Crippen LogP contribution in [0.25, 0.3) is 0 Å². The van der Waals surface area contributed by atoms with Gasteiger partial charge in [-0.05, 0) is 38.2 Å². The van der Waals surface area contributed by atoms with E-state index in [9.17, 15) is 9.90 Å². The summed E-state index contributed by atoms with van der Waals surface area (Å²) in [5, 5.41) is 13.2. The first kappa shape index (κ1) is 23.0. The second kappa shape index (κ2) is 10.6. The molecule has 1 fully saturated rings. The lowest BCUT2D eigenvalue weighted by Gasteiger charge is -2.30. The summed E-state index contributed by atoms with van der Waals surface area (Å²) in [4.78, 5) is 17.1. The molecule has 1 aliphatic carbocycles. The number of rotatable bonds is 8. The Labute approximate surface area is 189 Å². The normalized spacial score (nSPS) is 16.9. The molecule has 31 heavy (non-hydrogen) atoms. The fraction of sp³-hybridized carbons (Fsp3) is 0.458. The van der Waals surface area contributed by atoms with E-state index in [2.05, 4.69) is 22.4 Å². The first-order valence-corrected chi connectivity index (χ1v) is 11.1. The van der Waals surface area contributed by atoms with Crippen molar-refractivity contribution in [2.75, 3.05) is 7.11 Å². The molecule has 0 bridgehead atoms. The van der Waals surface area contributed by atoms with E-state index in [1.165, 1.54) is 37.8 Å². The summed E-state index contributed by atoms with van der Waals surface area (Å²) < 4.78 is 11.0. The predicted octanol–water partition coefficient (Wildman–Crippen LogP) is 4.36. The number of carbonyl (C=O) groups excluding carboxylic acids is 1. The second-order valence-corrected chi connectivity index (χ2v) is 8.44. The smallest absolute Gasteiger partial charge is 0.328 e. The number of ether oxygens (including phenoxy) is 2. The Bertz CT molecular complexity index is 900. The molecule has 2 aromatic rings. The first-order chi connectivity index (χ1) is 14.9. The Kier molecular flexibility index (Phi) is 7.85. The summed E-state index contributed by atoms with van der Waals surface area (Å²) in [5.41, 5.74) is 1.37. The fourth-order valence-corrected chi connectivity index (χ4v) is 4.69. The number of hydrogen-bond donors (Lipinski definition) is 2. The van der Waals surface area contributed by atoms with E-state index >= 15 is 0 Å². The minimum Gasteiger partial charge on any atom is -0.503 e. The molecule has 1 aromatic heterocycles. The van der Waals surface area contributed by atoms with Crippen molar-refractivity contribution in [3.8, 4) is 11.5 Å². The van der Waals surface area contributed by atoms with Gasteiger partial charge in [0.05, 0.1) is 7.11 Å². The molecule has 0 aliphatic heterocycles. The maximum atomic E-state index is 12.8. The molecule has 0 saturated heterocycles. The molecule has 1 saturated carbocycles. The molecule has 0 amide bonds. The van der Waals surface area contributed by atoms with Gasteiger partial charge < -0.3 is 19.9 Å². The highest BCUT2D eigenvalue weighted by Gasteiger charge is 2.33. The summed E-state index contributed by atoms with van der Waals surface area (Å²) in [7, 11) is 1.45. The van der Waals surface area contributed by atoms with Crippen molar-refractivity contribution in [3.05, 3.63) is 53.9 Å². The number of nitrogens with one attached hydrogen (secondary N) is 1. The molecular formula is C24H30N2O4S. The van der Waals surface area contributed by atoms with Gasteiger partial charge in [0.2, 0.25) is 0 Å². The quantitative estimate of drug-likeness (QED) is 0.464. The van der Waals surface area contributed by atoms with Crippen LogP contribution in [0.15, 0.2) is 42.6 Å². The number of esters is 1. The number of aromatic hydroxyl groups is 1. The lowest BCUT2D eigenvalue weighted by molar-refractivity contribution is -0.151. The first-order valence-electron chi connectivity index (χ1n) is 10.7. The topological polar surface area (TPSA) is 80.7 Å². The van der Waals surface area contributed by atoms with E-state index in [1.54, 1.807) is 6.92 Å². The monoisotopic (exact) mass is 442 g/mol. The Morgan fingerprint density at radius 3 is 2.52 bits per heavy atom. The molecule has 1 aromatic carbocycles. The van der Waals surface area contributed by atoms with E-state index < -0.39 is 12.0 Å². The second-order valence-electron chi connectivity index (χ2n) is 8.03. The zero-order valence-corrected chi connectivity index (χ0v) is 19.0. The number of thiocarbonyl (C=S) groups is 1. The highest BCUT2D eigenvalue weighted by atomic mass is 32.1. The number of benzene rings is 1. The van der Waals surface area contributed by atoms with Gasteiger partial charge in [-0.1, -0.05) is 55.4 Å². The maximum absolute atomic E-state index is 12.8. The van der Waals surface area contributed by atoms with Gasteiger partial charge in [0, 0.05) is 18.2 Å². The van der Waals surface area contributed by atoms with Crippen LogP contribution in [0.2, 0.25) is 0 Å². The average Bonchev–Trinajstić information content (AvgIpc) is 3.28. The van der Waals surface area contributed by atoms with Gasteiger partial charge in [0.1, 0.15) is 22.8 Å². The van der Waals surface area contributed by atoms with Crippen LogP contribution in [-0.2, 0) is 9.53 Å². The summed E-state index contributed by atoms with van der Waals surface area (Å²) in [6.45, 7) is 3.65. The van der Waals surface area contributed by atoms with Crippen LogP contribution in [0, 0.1) is 5.92 Å². The molecule has 1 aliphatic rings. The van der Waals surface area contributed by atoms with Crippen molar-refractivity contribution in [2.24, 2.45) is 5.92 Å². The van der Waals surface area contributed by atoms with Crippen LogP contribution in [0.5, 0.6) is 11.5 Å². The summed E-state index contributed by atoms with van der Waals surface area (Å²) in [5.74, 6) is 0.376. The molecule has 3 rings (SSSR count). The molecule has 7 heteroatoms. The summed E-state index contributed by atoms with van der Waals surface area (Å²) in [6, 6.07) is 11.1. The maximum Gasteiger partial charge on any atom is 0.328 e. The van der Waals surface area contributed by atoms with Crippen LogP contribution >= 0.6 is 12.2 Å². The Hall–Kier alpha value is -2.67. The zero-order chi connectivity index (χ0) is 22.4. The Balaban J connectivity index is 1.67. The molecule has 2 N–H and O–H groups in total. The van der Waals surface area contributed by atoms with Crippen LogP contribution in [0.1, 0.15) is 56.7 Å². The largest absolute Gasteiger partial charge is 0.503 e. The third-order valence-electron chi connectivity index (χ3n) is 5.92. The van der Waals surface area contributed by atoms with Crippen molar-refractivity contribution < 1.29 is 19.4 Å². The molecule has 0 radical (unpaired) electrons. The zero-order valence-electron chi connectivity index (χ0n) is 18.2. The third-order valence-corrected chi connectivity index (χ3v) is 6.23. The van der Waals surface area contributed by atoms with Gasteiger partial charge >= 0.3 is 5.97 Å². The summed E-state index contributed by atoms with van der Waals surface area (Å²) in [6.07, 6.45) is 5.97. The van der Waals surface area contributed by atoms with E-state index in [0.29, 0.717) is 5.92 Å². The van der Waals surface area contributed by atoms with Crippen LogP contribution in [0.4, 0.5) is 0 Å². The average molecular weight is 443 g/mol. The number of pyridine rings is 1. The van der Waals surface area contributed by atoms with Crippen molar-refractivity contribution >= 4 is 23.2 Å². The van der Waals surface area contributed by atoms with Gasteiger partial charge in [-0.3, -0.25) is 0 Å². The lowest BCUT2D eigenvalue weighted by atomic mass is 9.81. The molecule has 3 atom stereocenters. The van der Waals surface area contributed by atoms with E-state index in [0.717, 1.165) is 12.8 Å².